The van der Waals surface area contributed by atoms with Gasteiger partial charge in [-0.25, -0.2) is 0 Å². The fourth-order valence-corrected chi connectivity index (χ4v) is 3.37. The van der Waals surface area contributed by atoms with E-state index in [2.05, 4.69) is 20.9 Å². The Morgan fingerprint density at radius 1 is 1.28 bits per heavy atom. The van der Waals surface area contributed by atoms with Gasteiger partial charge in [0.05, 0.1) is 12.3 Å². The van der Waals surface area contributed by atoms with Crippen molar-refractivity contribution in [3.63, 3.8) is 0 Å². The molecule has 1 saturated carbocycles. The first-order chi connectivity index (χ1) is 8.76. The molecule has 0 radical (unpaired) electrons. The van der Waals surface area contributed by atoms with Crippen LogP contribution in [0.1, 0.15) is 44.2 Å². The Labute approximate surface area is 118 Å². The molecule has 0 aromatic carbocycles. The summed E-state index contributed by atoms with van der Waals surface area (Å²) in [6.45, 7) is 2.81. The lowest BCUT2D eigenvalue weighted by molar-refractivity contribution is 0.148. The third kappa shape index (κ3) is 3.47. The zero-order chi connectivity index (χ0) is 12.8. The topological polar surface area (TPSA) is 22.1 Å². The summed E-state index contributed by atoms with van der Waals surface area (Å²) < 4.78 is 6.03. The zero-order valence-corrected chi connectivity index (χ0v) is 12.7. The minimum atomic E-state index is 0.318. The Balaban J connectivity index is 2.00. The third-order valence-electron chi connectivity index (χ3n) is 3.94. The van der Waals surface area contributed by atoms with E-state index < -0.39 is 0 Å². The van der Waals surface area contributed by atoms with Gasteiger partial charge >= 0.3 is 0 Å². The summed E-state index contributed by atoms with van der Waals surface area (Å²) in [4.78, 5) is 4.27. The van der Waals surface area contributed by atoms with Gasteiger partial charge in [0.2, 0.25) is 0 Å². The molecule has 1 fully saturated rings. The molecule has 1 aromatic rings. The largest absolute Gasteiger partial charge is 0.491 e. The smallest absolute Gasteiger partial charge is 0.140 e. The first-order valence-corrected chi connectivity index (χ1v) is 7.98. The summed E-state index contributed by atoms with van der Waals surface area (Å²) in [6, 6.07) is 3.96. The fraction of sp³-hybridized carbons (Fsp3) is 0.667. The van der Waals surface area contributed by atoms with Crippen LogP contribution in [0.5, 0.6) is 5.75 Å². The molecule has 1 aliphatic carbocycles. The number of halogens is 1. The Kier molecular flexibility index (Phi) is 5.04. The molecule has 0 atom stereocenters. The molecular weight excluding hydrogens is 290 g/mol. The van der Waals surface area contributed by atoms with Gasteiger partial charge in [0, 0.05) is 16.9 Å². The molecule has 1 heterocycles. The lowest BCUT2D eigenvalue weighted by Gasteiger charge is -2.30. The highest BCUT2D eigenvalue weighted by Crippen LogP contribution is 2.37. The zero-order valence-electron chi connectivity index (χ0n) is 11.1. The molecule has 0 aliphatic heterocycles. The Bertz CT molecular complexity index is 373. The molecule has 2 nitrogen and oxygen atoms in total. The van der Waals surface area contributed by atoms with Crippen LogP contribution in [0, 0.1) is 12.3 Å². The maximum Gasteiger partial charge on any atom is 0.140 e. The lowest BCUT2D eigenvalue weighted by atomic mass is 9.83. The highest BCUT2D eigenvalue weighted by atomic mass is 79.9. The number of hydrogen-bond donors (Lipinski definition) is 0. The molecule has 100 valence electrons. The number of aryl methyl sites for hydroxylation is 1. The normalized spacial score (nSPS) is 19.2. The van der Waals surface area contributed by atoms with E-state index in [-0.39, 0.29) is 0 Å². The predicted octanol–water partition coefficient (Wildman–Crippen LogP) is 4.50. The number of nitrogens with zero attached hydrogens (tertiary/aromatic N) is 1. The summed E-state index contributed by atoms with van der Waals surface area (Å²) in [5, 5.41) is 1.04. The molecule has 0 unspecified atom stereocenters. The molecule has 0 bridgehead atoms. The van der Waals surface area contributed by atoms with E-state index in [4.69, 9.17) is 4.74 Å². The first-order valence-electron chi connectivity index (χ1n) is 6.86. The molecule has 0 saturated heterocycles. The monoisotopic (exact) mass is 311 g/mol. The van der Waals surface area contributed by atoms with E-state index >= 15 is 0 Å². The van der Waals surface area contributed by atoms with Crippen LogP contribution in [0.15, 0.2) is 18.3 Å². The Hall–Kier alpha value is -0.570. The van der Waals surface area contributed by atoms with Crippen molar-refractivity contribution in [1.82, 2.24) is 4.98 Å². The van der Waals surface area contributed by atoms with Crippen LogP contribution >= 0.6 is 15.9 Å². The van der Waals surface area contributed by atoms with Crippen molar-refractivity contribution in [2.24, 2.45) is 5.41 Å². The number of ether oxygens (including phenoxy) is 1. The van der Waals surface area contributed by atoms with E-state index in [9.17, 15) is 0 Å². The van der Waals surface area contributed by atoms with Crippen molar-refractivity contribution in [2.45, 2.75) is 45.4 Å². The Morgan fingerprint density at radius 3 is 2.61 bits per heavy atom. The van der Waals surface area contributed by atoms with Crippen LogP contribution in [0.3, 0.4) is 0 Å². The summed E-state index contributed by atoms with van der Waals surface area (Å²) in [6.07, 6.45) is 9.78. The molecule has 1 aliphatic rings. The predicted molar refractivity (Wildman–Crippen MR) is 78.4 cm³/mol. The van der Waals surface area contributed by atoms with Crippen molar-refractivity contribution >= 4 is 15.9 Å². The van der Waals surface area contributed by atoms with Gasteiger partial charge in [-0.3, -0.25) is 4.98 Å². The van der Waals surface area contributed by atoms with Crippen LogP contribution in [-0.2, 0) is 0 Å². The molecule has 18 heavy (non-hydrogen) atoms. The summed E-state index contributed by atoms with van der Waals surface area (Å²) in [7, 11) is 0. The second kappa shape index (κ2) is 6.55. The number of rotatable bonds is 4. The second-order valence-electron chi connectivity index (χ2n) is 5.42. The van der Waals surface area contributed by atoms with Crippen LogP contribution in [-0.4, -0.2) is 16.9 Å². The molecule has 0 N–H and O–H groups in total. The van der Waals surface area contributed by atoms with Gasteiger partial charge in [-0.2, -0.15) is 0 Å². The van der Waals surface area contributed by atoms with Crippen LogP contribution in [0.4, 0.5) is 0 Å². The molecule has 3 heteroatoms. The van der Waals surface area contributed by atoms with E-state index in [1.54, 1.807) is 0 Å². The number of hydrogen-bond acceptors (Lipinski definition) is 2. The lowest BCUT2D eigenvalue weighted by Crippen LogP contribution is -2.30. The van der Waals surface area contributed by atoms with Crippen molar-refractivity contribution < 1.29 is 4.74 Å². The maximum atomic E-state index is 6.03. The van der Waals surface area contributed by atoms with Gasteiger partial charge < -0.3 is 4.74 Å². The van der Waals surface area contributed by atoms with Crippen molar-refractivity contribution in [2.75, 3.05) is 11.9 Å². The van der Waals surface area contributed by atoms with Crippen molar-refractivity contribution in [3.05, 3.63) is 24.0 Å². The quantitative estimate of drug-likeness (QED) is 0.603. The minimum absolute atomic E-state index is 0.318. The SMILES string of the molecule is Cc1ncccc1OCC1(CBr)CCCCCC1. The number of pyridine rings is 1. The highest BCUT2D eigenvalue weighted by molar-refractivity contribution is 9.09. The summed E-state index contributed by atoms with van der Waals surface area (Å²) in [5.74, 6) is 0.932. The van der Waals surface area contributed by atoms with Crippen LogP contribution < -0.4 is 4.74 Å². The standard InChI is InChI=1S/C15H22BrNO/c1-13-14(7-6-10-17-13)18-12-15(11-16)8-4-2-3-5-9-15/h6-7,10H,2-5,8-9,11-12H2,1H3. The highest BCUT2D eigenvalue weighted by Gasteiger charge is 2.30. The van der Waals surface area contributed by atoms with Gasteiger partial charge in [-0.1, -0.05) is 41.6 Å². The van der Waals surface area contributed by atoms with Crippen LogP contribution in [0.25, 0.3) is 0 Å². The van der Waals surface area contributed by atoms with Crippen LogP contribution in [0.2, 0.25) is 0 Å². The molecule has 2 rings (SSSR count). The number of aromatic nitrogens is 1. The van der Waals surface area contributed by atoms with Crippen molar-refractivity contribution in [3.8, 4) is 5.75 Å². The molecular formula is C15H22BrNO. The van der Waals surface area contributed by atoms with E-state index in [1.165, 1.54) is 38.5 Å². The van der Waals surface area contributed by atoms with E-state index in [1.807, 2.05) is 25.3 Å². The first kappa shape index (κ1) is 13.9. The average Bonchev–Trinajstić information content (AvgIpc) is 2.64. The van der Waals surface area contributed by atoms with Gasteiger partial charge in [-0.15, -0.1) is 0 Å². The van der Waals surface area contributed by atoms with Gasteiger partial charge in [0.1, 0.15) is 5.75 Å². The fourth-order valence-electron chi connectivity index (χ4n) is 2.65. The molecule has 0 spiro atoms. The average molecular weight is 312 g/mol. The van der Waals surface area contributed by atoms with E-state index in [0.29, 0.717) is 5.41 Å². The summed E-state index contributed by atoms with van der Waals surface area (Å²) >= 11 is 3.70. The third-order valence-corrected chi connectivity index (χ3v) is 5.13. The second-order valence-corrected chi connectivity index (χ2v) is 5.98. The maximum absolute atomic E-state index is 6.03. The number of alkyl halides is 1. The van der Waals surface area contributed by atoms with Gasteiger partial charge in [0.15, 0.2) is 0 Å². The van der Waals surface area contributed by atoms with Gasteiger partial charge in [0.25, 0.3) is 0 Å². The Morgan fingerprint density at radius 2 is 2.00 bits per heavy atom. The van der Waals surface area contributed by atoms with Crippen molar-refractivity contribution in [1.29, 1.82) is 0 Å². The molecule has 0 amide bonds. The van der Waals surface area contributed by atoms with E-state index in [0.717, 1.165) is 23.4 Å². The molecule has 1 aromatic heterocycles. The minimum Gasteiger partial charge on any atom is -0.491 e. The van der Waals surface area contributed by atoms with Gasteiger partial charge in [-0.05, 0) is 31.9 Å². The summed E-state index contributed by atoms with van der Waals surface area (Å²) in [5.41, 5.74) is 1.30.